The zero-order valence-electron chi connectivity index (χ0n) is 19.6. The molecule has 2 fully saturated rings. The summed E-state index contributed by atoms with van der Waals surface area (Å²) in [6.45, 7) is 13.6. The van der Waals surface area contributed by atoms with Gasteiger partial charge in [-0.15, -0.1) is 24.0 Å². The van der Waals surface area contributed by atoms with Gasteiger partial charge in [-0.3, -0.25) is 9.69 Å². The fourth-order valence-electron chi connectivity index (χ4n) is 4.61. The number of nitrogens with zero attached hydrogens (tertiary/aromatic N) is 5. The number of carbonyl (C=O) groups is 1. The van der Waals surface area contributed by atoms with Crippen molar-refractivity contribution in [3.63, 3.8) is 0 Å². The number of rotatable bonds is 5. The molecule has 2 atom stereocenters. The topological polar surface area (TPSA) is 75.0 Å². The highest BCUT2D eigenvalue weighted by molar-refractivity contribution is 14.0. The minimum Gasteiger partial charge on any atom is -0.357 e. The fraction of sp³-hybridized carbons (Fsp3) is 0.625. The Labute approximate surface area is 209 Å². The fourth-order valence-corrected chi connectivity index (χ4v) is 4.61. The molecule has 7 nitrogen and oxygen atoms in total. The molecule has 2 saturated heterocycles. The first-order valence-corrected chi connectivity index (χ1v) is 11.5. The summed E-state index contributed by atoms with van der Waals surface area (Å²) in [5.41, 5.74) is 1.69. The molecule has 32 heavy (non-hydrogen) atoms. The minimum absolute atomic E-state index is 0. The van der Waals surface area contributed by atoms with Gasteiger partial charge in [-0.1, -0.05) is 26.0 Å². The molecule has 2 aliphatic rings. The maximum Gasteiger partial charge on any atom is 0.236 e. The number of piperidine rings is 1. The van der Waals surface area contributed by atoms with E-state index in [4.69, 9.17) is 10.3 Å². The smallest absolute Gasteiger partial charge is 0.236 e. The average Bonchev–Trinajstić information content (AvgIpc) is 2.76. The maximum atomic E-state index is 12.8. The molecule has 1 aromatic carbocycles. The van der Waals surface area contributed by atoms with E-state index in [1.54, 1.807) is 0 Å². The molecule has 0 aliphatic carbocycles. The third-order valence-electron chi connectivity index (χ3n) is 6.05. The second-order valence-corrected chi connectivity index (χ2v) is 8.99. The van der Waals surface area contributed by atoms with Crippen LogP contribution in [0.4, 0.5) is 0 Å². The monoisotopic (exact) mass is 552 g/mol. The molecule has 8 heteroatoms. The lowest BCUT2D eigenvalue weighted by Gasteiger charge is -2.39. The average molecular weight is 553 g/mol. The summed E-state index contributed by atoms with van der Waals surface area (Å²) >= 11 is 0. The molecule has 176 valence electrons. The Morgan fingerprint density at radius 1 is 1.16 bits per heavy atom. The predicted molar refractivity (Wildman–Crippen MR) is 139 cm³/mol. The molecule has 0 spiro atoms. The van der Waals surface area contributed by atoms with E-state index < -0.39 is 0 Å². The molecule has 0 radical (unpaired) electrons. The molecule has 2 heterocycles. The highest BCUT2D eigenvalue weighted by Gasteiger charge is 2.28. The number of guanidine groups is 1. The van der Waals surface area contributed by atoms with E-state index in [1.165, 1.54) is 6.42 Å². The summed E-state index contributed by atoms with van der Waals surface area (Å²) in [6, 6.07) is 9.78. The Hall–Kier alpha value is -1.86. The summed E-state index contributed by atoms with van der Waals surface area (Å²) < 4.78 is 0. The van der Waals surface area contributed by atoms with Crippen LogP contribution < -0.4 is 5.32 Å². The van der Waals surface area contributed by atoms with Crippen molar-refractivity contribution < 1.29 is 4.79 Å². The van der Waals surface area contributed by atoms with Gasteiger partial charge in [0.05, 0.1) is 24.7 Å². The van der Waals surface area contributed by atoms with E-state index in [0.717, 1.165) is 57.3 Å². The lowest BCUT2D eigenvalue weighted by molar-refractivity contribution is -0.135. The van der Waals surface area contributed by atoms with Crippen molar-refractivity contribution in [1.82, 2.24) is 20.0 Å². The van der Waals surface area contributed by atoms with E-state index in [9.17, 15) is 4.79 Å². The van der Waals surface area contributed by atoms with Gasteiger partial charge in [0.2, 0.25) is 5.91 Å². The molecule has 1 amide bonds. The second-order valence-electron chi connectivity index (χ2n) is 8.99. The number of amides is 1. The number of piperazine rings is 1. The van der Waals surface area contributed by atoms with Crippen molar-refractivity contribution >= 4 is 35.8 Å². The summed E-state index contributed by atoms with van der Waals surface area (Å²) in [5.74, 6) is 2.36. The summed E-state index contributed by atoms with van der Waals surface area (Å²) in [5, 5.41) is 12.5. The summed E-state index contributed by atoms with van der Waals surface area (Å²) in [6.07, 6.45) is 1.22. The lowest BCUT2D eigenvalue weighted by atomic mass is 9.92. The number of nitriles is 1. The second kappa shape index (κ2) is 13.0. The number of carbonyl (C=O) groups excluding carboxylic acids is 1. The van der Waals surface area contributed by atoms with Crippen LogP contribution in [0.25, 0.3) is 0 Å². The Balaban J connectivity index is 0.00000363. The van der Waals surface area contributed by atoms with Gasteiger partial charge in [-0.05, 0) is 42.9 Å². The summed E-state index contributed by atoms with van der Waals surface area (Å²) in [7, 11) is 0. The van der Waals surface area contributed by atoms with Crippen molar-refractivity contribution in [2.45, 2.75) is 33.7 Å². The van der Waals surface area contributed by atoms with Crippen molar-refractivity contribution in [2.24, 2.45) is 16.8 Å². The van der Waals surface area contributed by atoms with Gasteiger partial charge in [-0.25, -0.2) is 4.99 Å². The Morgan fingerprint density at radius 3 is 2.47 bits per heavy atom. The Kier molecular flexibility index (Phi) is 10.7. The normalized spacial score (nSPS) is 22.1. The van der Waals surface area contributed by atoms with E-state index >= 15 is 0 Å². The minimum atomic E-state index is 0. The van der Waals surface area contributed by atoms with E-state index in [2.05, 4.69) is 46.9 Å². The zero-order valence-corrected chi connectivity index (χ0v) is 21.9. The zero-order chi connectivity index (χ0) is 22.2. The molecule has 1 N–H and O–H groups in total. The molecule has 2 aliphatic heterocycles. The first kappa shape index (κ1) is 26.4. The highest BCUT2D eigenvalue weighted by Crippen LogP contribution is 2.21. The van der Waals surface area contributed by atoms with E-state index in [0.29, 0.717) is 30.5 Å². The molecule has 2 unspecified atom stereocenters. The van der Waals surface area contributed by atoms with Crippen LogP contribution in [0.15, 0.2) is 29.3 Å². The van der Waals surface area contributed by atoms with Gasteiger partial charge in [0, 0.05) is 45.8 Å². The number of aliphatic imine (C=N–C) groups is 1. The van der Waals surface area contributed by atoms with E-state index in [-0.39, 0.29) is 29.9 Å². The molecule has 0 aromatic heterocycles. The Morgan fingerprint density at radius 2 is 1.84 bits per heavy atom. The third-order valence-corrected chi connectivity index (χ3v) is 6.05. The standard InChI is InChI=1S/C24H36N6O.HI/c1-4-26-24(27-15-22-7-5-6-21(13-22)14-25)29-10-8-28(9-11-29)18-23(31)30-16-19(2)12-20(3)17-30;/h5-7,13,19-20H,4,8-12,15-18H2,1-3H3,(H,26,27);1H. The van der Waals surface area contributed by atoms with E-state index in [1.807, 2.05) is 24.3 Å². The molecular formula is C24H37IN6O. The SMILES string of the molecule is CCNC(=NCc1cccc(C#N)c1)N1CCN(CC(=O)N2CC(C)CC(C)C2)CC1.I. The number of hydrogen-bond acceptors (Lipinski definition) is 4. The van der Waals surface area contributed by atoms with Gasteiger partial charge in [0.25, 0.3) is 0 Å². The van der Waals surface area contributed by atoms with Gasteiger partial charge < -0.3 is 15.1 Å². The summed E-state index contributed by atoms with van der Waals surface area (Å²) in [4.78, 5) is 24.2. The number of nitrogens with one attached hydrogen (secondary N) is 1. The Bertz CT molecular complexity index is 805. The van der Waals surface area contributed by atoms with Gasteiger partial charge in [0.1, 0.15) is 0 Å². The molecule has 0 saturated carbocycles. The first-order valence-electron chi connectivity index (χ1n) is 11.5. The number of halogens is 1. The number of hydrogen-bond donors (Lipinski definition) is 1. The van der Waals surface area contributed by atoms with Crippen molar-refractivity contribution in [3.05, 3.63) is 35.4 Å². The predicted octanol–water partition coefficient (Wildman–Crippen LogP) is 2.76. The molecule has 1 aromatic rings. The van der Waals surface area contributed by atoms with Crippen LogP contribution in [0.1, 0.15) is 38.3 Å². The van der Waals surface area contributed by atoms with Crippen LogP contribution >= 0.6 is 24.0 Å². The quantitative estimate of drug-likeness (QED) is 0.346. The third kappa shape index (κ3) is 7.62. The molecule has 3 rings (SSSR count). The maximum absolute atomic E-state index is 12.8. The van der Waals surface area contributed by atoms with Gasteiger partial charge in [-0.2, -0.15) is 5.26 Å². The molecule has 0 bridgehead atoms. The van der Waals surface area contributed by atoms with Gasteiger partial charge >= 0.3 is 0 Å². The van der Waals surface area contributed by atoms with Crippen LogP contribution in [0.5, 0.6) is 0 Å². The van der Waals surface area contributed by atoms with Crippen molar-refractivity contribution in [3.8, 4) is 6.07 Å². The van der Waals surface area contributed by atoms with Crippen molar-refractivity contribution in [1.29, 1.82) is 5.26 Å². The van der Waals surface area contributed by atoms with Crippen LogP contribution in [0.3, 0.4) is 0 Å². The highest BCUT2D eigenvalue weighted by atomic mass is 127. The van der Waals surface area contributed by atoms with Crippen molar-refractivity contribution in [2.75, 3.05) is 52.4 Å². The van der Waals surface area contributed by atoms with Crippen LogP contribution in [0.2, 0.25) is 0 Å². The van der Waals surface area contributed by atoms with Crippen LogP contribution in [0, 0.1) is 23.2 Å². The molecular weight excluding hydrogens is 515 g/mol. The van der Waals surface area contributed by atoms with Crippen LogP contribution in [-0.2, 0) is 11.3 Å². The number of benzene rings is 1. The first-order chi connectivity index (χ1) is 15.0. The van der Waals surface area contributed by atoms with Crippen LogP contribution in [-0.4, -0.2) is 78.9 Å². The largest absolute Gasteiger partial charge is 0.357 e. The van der Waals surface area contributed by atoms with Gasteiger partial charge in [0.15, 0.2) is 5.96 Å². The number of likely N-dealkylation sites (tertiary alicyclic amines) is 1. The lowest BCUT2D eigenvalue weighted by Crippen LogP contribution is -2.55.